The lowest BCUT2D eigenvalue weighted by atomic mass is 10.0. The number of benzene rings is 1. The largest absolute Gasteiger partial charge is 0.314 e. The molecule has 3 nitrogen and oxygen atoms in total. The van der Waals surface area contributed by atoms with Crippen LogP contribution in [0.15, 0.2) is 18.2 Å². The molecular formula is C14H18FN3. The summed E-state index contributed by atoms with van der Waals surface area (Å²) in [7, 11) is 3.82. The van der Waals surface area contributed by atoms with Gasteiger partial charge in [-0.15, -0.1) is 0 Å². The molecule has 0 saturated heterocycles. The van der Waals surface area contributed by atoms with Gasteiger partial charge >= 0.3 is 0 Å². The molecule has 2 rings (SSSR count). The fraction of sp³-hybridized carbons (Fsp3) is 0.357. The molecule has 0 aliphatic rings. The smallest absolute Gasteiger partial charge is 0.126 e. The van der Waals surface area contributed by atoms with Crippen molar-refractivity contribution in [3.63, 3.8) is 0 Å². The van der Waals surface area contributed by atoms with E-state index >= 15 is 0 Å². The highest BCUT2D eigenvalue weighted by molar-refractivity contribution is 5.69. The molecule has 0 atom stereocenters. The van der Waals surface area contributed by atoms with E-state index in [1.54, 1.807) is 6.92 Å². The van der Waals surface area contributed by atoms with Crippen molar-refractivity contribution in [2.24, 2.45) is 7.05 Å². The molecule has 1 aromatic carbocycles. The van der Waals surface area contributed by atoms with Crippen molar-refractivity contribution in [3.05, 3.63) is 41.0 Å². The molecule has 0 radical (unpaired) electrons. The van der Waals surface area contributed by atoms with Crippen LogP contribution in [0, 0.1) is 19.7 Å². The molecule has 0 unspecified atom stereocenters. The highest BCUT2D eigenvalue weighted by Crippen LogP contribution is 2.28. The molecule has 2 aromatic rings. The minimum Gasteiger partial charge on any atom is -0.314 e. The molecule has 0 aliphatic carbocycles. The van der Waals surface area contributed by atoms with Gasteiger partial charge < -0.3 is 5.32 Å². The third-order valence-electron chi connectivity index (χ3n) is 3.20. The highest BCUT2D eigenvalue weighted by atomic mass is 19.1. The molecule has 1 aromatic heterocycles. The summed E-state index contributed by atoms with van der Waals surface area (Å²) in [5.41, 5.74) is 4.85. The summed E-state index contributed by atoms with van der Waals surface area (Å²) in [6, 6.07) is 5.20. The van der Waals surface area contributed by atoms with Gasteiger partial charge in [0.2, 0.25) is 0 Å². The molecule has 0 amide bonds. The second-order valence-corrected chi connectivity index (χ2v) is 4.53. The van der Waals surface area contributed by atoms with Gasteiger partial charge in [0.05, 0.1) is 5.69 Å². The number of aryl methyl sites for hydroxylation is 2. The van der Waals surface area contributed by atoms with Gasteiger partial charge in [-0.05, 0) is 44.2 Å². The third-order valence-corrected chi connectivity index (χ3v) is 3.20. The van der Waals surface area contributed by atoms with Gasteiger partial charge in [0.25, 0.3) is 0 Å². The summed E-state index contributed by atoms with van der Waals surface area (Å²) in [6.07, 6.45) is 0. The van der Waals surface area contributed by atoms with Crippen LogP contribution < -0.4 is 5.32 Å². The first-order chi connectivity index (χ1) is 8.54. The zero-order valence-electron chi connectivity index (χ0n) is 11.2. The van der Waals surface area contributed by atoms with E-state index in [9.17, 15) is 4.39 Å². The maximum absolute atomic E-state index is 13.3. The summed E-state index contributed by atoms with van der Waals surface area (Å²) in [5.74, 6) is -0.171. The molecule has 1 heterocycles. The van der Waals surface area contributed by atoms with Gasteiger partial charge in [-0.1, -0.05) is 6.07 Å². The van der Waals surface area contributed by atoms with E-state index in [0.29, 0.717) is 12.1 Å². The normalized spacial score (nSPS) is 10.9. The van der Waals surface area contributed by atoms with E-state index in [2.05, 4.69) is 10.4 Å². The van der Waals surface area contributed by atoms with E-state index in [1.165, 1.54) is 6.07 Å². The zero-order chi connectivity index (χ0) is 13.3. The highest BCUT2D eigenvalue weighted by Gasteiger charge is 2.14. The van der Waals surface area contributed by atoms with Crippen molar-refractivity contribution in [3.8, 4) is 11.1 Å². The number of halogens is 1. The van der Waals surface area contributed by atoms with Crippen molar-refractivity contribution in [1.82, 2.24) is 15.1 Å². The second-order valence-electron chi connectivity index (χ2n) is 4.53. The summed E-state index contributed by atoms with van der Waals surface area (Å²) in [5, 5.41) is 7.60. The average Bonchev–Trinajstić information content (AvgIpc) is 2.60. The topological polar surface area (TPSA) is 29.9 Å². The number of rotatable bonds is 3. The van der Waals surface area contributed by atoms with Gasteiger partial charge in [0.15, 0.2) is 0 Å². The average molecular weight is 247 g/mol. The lowest BCUT2D eigenvalue weighted by Gasteiger charge is -2.06. The van der Waals surface area contributed by atoms with Crippen molar-refractivity contribution in [2.75, 3.05) is 7.05 Å². The first-order valence-electron chi connectivity index (χ1n) is 5.98. The second kappa shape index (κ2) is 4.90. The Morgan fingerprint density at radius 2 is 2.06 bits per heavy atom. The Hall–Kier alpha value is -1.68. The van der Waals surface area contributed by atoms with E-state index in [0.717, 1.165) is 22.5 Å². The molecular weight excluding hydrogens is 229 g/mol. The van der Waals surface area contributed by atoms with Crippen LogP contribution in [0.2, 0.25) is 0 Å². The quantitative estimate of drug-likeness (QED) is 0.903. The standard InChI is InChI=1S/C14H18FN3/c1-9-7-11(5-6-12(9)15)14-10(2)18(4)17-13(14)8-16-3/h5-7,16H,8H2,1-4H3. The SMILES string of the molecule is CNCc1nn(C)c(C)c1-c1ccc(F)c(C)c1. The lowest BCUT2D eigenvalue weighted by Crippen LogP contribution is -2.07. The van der Waals surface area contributed by atoms with Crippen LogP contribution in [0.1, 0.15) is 17.0 Å². The first kappa shape index (κ1) is 12.8. The van der Waals surface area contributed by atoms with E-state index in [1.807, 2.05) is 37.8 Å². The van der Waals surface area contributed by atoms with Crippen LogP contribution >= 0.6 is 0 Å². The molecule has 4 heteroatoms. The Morgan fingerprint density at radius 3 is 2.67 bits per heavy atom. The van der Waals surface area contributed by atoms with Crippen molar-refractivity contribution < 1.29 is 4.39 Å². The van der Waals surface area contributed by atoms with E-state index < -0.39 is 0 Å². The third kappa shape index (κ3) is 2.16. The molecule has 1 N–H and O–H groups in total. The van der Waals surface area contributed by atoms with Gasteiger partial charge in [-0.25, -0.2) is 4.39 Å². The Bertz CT molecular complexity index is 573. The van der Waals surface area contributed by atoms with Gasteiger partial charge in [0, 0.05) is 24.8 Å². The van der Waals surface area contributed by atoms with Crippen LogP contribution in [-0.4, -0.2) is 16.8 Å². The van der Waals surface area contributed by atoms with E-state index in [4.69, 9.17) is 0 Å². The fourth-order valence-electron chi connectivity index (χ4n) is 2.14. The fourth-order valence-corrected chi connectivity index (χ4v) is 2.14. The molecule has 0 saturated carbocycles. The van der Waals surface area contributed by atoms with Crippen molar-refractivity contribution in [1.29, 1.82) is 0 Å². The van der Waals surface area contributed by atoms with Crippen LogP contribution in [0.5, 0.6) is 0 Å². The molecule has 96 valence electrons. The lowest BCUT2D eigenvalue weighted by molar-refractivity contribution is 0.619. The number of nitrogens with zero attached hydrogens (tertiary/aromatic N) is 2. The molecule has 0 spiro atoms. The summed E-state index contributed by atoms with van der Waals surface area (Å²) < 4.78 is 15.2. The van der Waals surface area contributed by atoms with E-state index in [-0.39, 0.29) is 5.82 Å². The van der Waals surface area contributed by atoms with Crippen LogP contribution in [0.3, 0.4) is 0 Å². The van der Waals surface area contributed by atoms with Gasteiger partial charge in [-0.3, -0.25) is 4.68 Å². The maximum atomic E-state index is 13.3. The maximum Gasteiger partial charge on any atom is 0.126 e. The summed E-state index contributed by atoms with van der Waals surface area (Å²) in [6.45, 7) is 4.51. The van der Waals surface area contributed by atoms with Gasteiger partial charge in [-0.2, -0.15) is 5.10 Å². The molecule has 18 heavy (non-hydrogen) atoms. The summed E-state index contributed by atoms with van der Waals surface area (Å²) in [4.78, 5) is 0. The Labute approximate surface area is 107 Å². The minimum atomic E-state index is -0.171. The predicted molar refractivity (Wildman–Crippen MR) is 70.8 cm³/mol. The van der Waals surface area contributed by atoms with Crippen LogP contribution in [0.25, 0.3) is 11.1 Å². The molecule has 0 bridgehead atoms. The van der Waals surface area contributed by atoms with Gasteiger partial charge in [0.1, 0.15) is 5.82 Å². The molecule has 0 aliphatic heterocycles. The first-order valence-corrected chi connectivity index (χ1v) is 5.98. The monoisotopic (exact) mass is 247 g/mol. The Morgan fingerprint density at radius 1 is 1.33 bits per heavy atom. The van der Waals surface area contributed by atoms with Crippen molar-refractivity contribution in [2.45, 2.75) is 20.4 Å². The predicted octanol–water partition coefficient (Wildman–Crippen LogP) is 2.56. The Kier molecular flexibility index (Phi) is 3.48. The number of hydrogen-bond acceptors (Lipinski definition) is 2. The number of hydrogen-bond donors (Lipinski definition) is 1. The van der Waals surface area contributed by atoms with Crippen LogP contribution in [0.4, 0.5) is 4.39 Å². The molecule has 0 fully saturated rings. The van der Waals surface area contributed by atoms with Crippen LogP contribution in [-0.2, 0) is 13.6 Å². The zero-order valence-corrected chi connectivity index (χ0v) is 11.2. The Balaban J connectivity index is 2.58. The summed E-state index contributed by atoms with van der Waals surface area (Å²) >= 11 is 0. The number of nitrogens with one attached hydrogen (secondary N) is 1. The minimum absolute atomic E-state index is 0.171. The number of aromatic nitrogens is 2. The van der Waals surface area contributed by atoms with Crippen molar-refractivity contribution >= 4 is 0 Å².